The first-order chi connectivity index (χ1) is 11.3. The van der Waals surface area contributed by atoms with Crippen LogP contribution in [0, 0.1) is 18.3 Å². The Labute approximate surface area is 144 Å². The fourth-order valence-electron chi connectivity index (χ4n) is 3.90. The fourth-order valence-corrected chi connectivity index (χ4v) is 5.12. The van der Waals surface area contributed by atoms with Gasteiger partial charge in [0, 0.05) is 30.9 Å². The molecule has 3 aliphatic rings. The highest BCUT2D eigenvalue weighted by molar-refractivity contribution is 7.99. The van der Waals surface area contributed by atoms with Gasteiger partial charge in [0.15, 0.2) is 0 Å². The van der Waals surface area contributed by atoms with Crippen LogP contribution in [-0.4, -0.2) is 72.1 Å². The van der Waals surface area contributed by atoms with Gasteiger partial charge in [-0.05, 0) is 50.9 Å². The van der Waals surface area contributed by atoms with E-state index in [1.54, 1.807) is 0 Å². The van der Waals surface area contributed by atoms with Crippen LogP contribution in [0.3, 0.4) is 0 Å². The molecule has 128 valence electrons. The first-order valence-corrected chi connectivity index (χ1v) is 10.1. The number of piperidine rings is 1. The molecule has 0 bridgehead atoms. The Morgan fingerprint density at radius 3 is 2.74 bits per heavy atom. The van der Waals surface area contributed by atoms with Gasteiger partial charge in [0.1, 0.15) is 0 Å². The van der Waals surface area contributed by atoms with E-state index in [2.05, 4.69) is 15.7 Å². The smallest absolute Gasteiger partial charge is 0.226 e. The average molecular weight is 337 g/mol. The molecule has 3 aliphatic heterocycles. The summed E-state index contributed by atoms with van der Waals surface area (Å²) < 4.78 is 5.80. The van der Waals surface area contributed by atoms with Crippen LogP contribution in [0.2, 0.25) is 0 Å². The van der Waals surface area contributed by atoms with Gasteiger partial charge >= 0.3 is 0 Å². The Hall–Kier alpha value is -0.700. The summed E-state index contributed by atoms with van der Waals surface area (Å²) in [6, 6.07) is 0.417. The van der Waals surface area contributed by atoms with Crippen molar-refractivity contribution in [1.29, 1.82) is 0 Å². The minimum Gasteiger partial charge on any atom is -0.376 e. The maximum Gasteiger partial charge on any atom is 0.226 e. The van der Waals surface area contributed by atoms with Crippen LogP contribution in [0.25, 0.3) is 0 Å². The van der Waals surface area contributed by atoms with Crippen LogP contribution in [-0.2, 0) is 9.53 Å². The monoisotopic (exact) mass is 336 g/mol. The molecule has 0 unspecified atom stereocenters. The molecule has 3 fully saturated rings. The zero-order chi connectivity index (χ0) is 16.1. The van der Waals surface area contributed by atoms with Crippen molar-refractivity contribution >= 4 is 17.7 Å². The first-order valence-electron chi connectivity index (χ1n) is 8.93. The number of nitrogens with zero attached hydrogens (tertiary/aromatic N) is 2. The van der Waals surface area contributed by atoms with Gasteiger partial charge in [0.25, 0.3) is 0 Å². The first kappa shape index (κ1) is 17.1. The lowest BCUT2D eigenvalue weighted by atomic mass is 9.94. The number of ether oxygens (including phenoxy) is 1. The molecule has 1 amide bonds. The third-order valence-electron chi connectivity index (χ3n) is 5.31. The van der Waals surface area contributed by atoms with E-state index in [1.165, 1.54) is 5.75 Å². The summed E-state index contributed by atoms with van der Waals surface area (Å²) in [5.41, 5.74) is 0. The minimum atomic E-state index is 0.177. The molecule has 3 heterocycles. The van der Waals surface area contributed by atoms with E-state index in [0.717, 1.165) is 64.1 Å². The van der Waals surface area contributed by atoms with Gasteiger partial charge in [-0.15, -0.1) is 6.42 Å². The second-order valence-electron chi connectivity index (χ2n) is 6.90. The zero-order valence-electron chi connectivity index (χ0n) is 13.9. The Balaban J connectivity index is 1.59. The van der Waals surface area contributed by atoms with Crippen LogP contribution in [0.15, 0.2) is 0 Å². The third-order valence-corrected chi connectivity index (χ3v) is 6.45. The Morgan fingerprint density at radius 1 is 1.30 bits per heavy atom. The highest BCUT2D eigenvalue weighted by Crippen LogP contribution is 2.28. The minimum absolute atomic E-state index is 0.177. The molecule has 4 nitrogen and oxygen atoms in total. The lowest BCUT2D eigenvalue weighted by molar-refractivity contribution is -0.140. The van der Waals surface area contributed by atoms with E-state index in [9.17, 15) is 4.79 Å². The number of terminal acetylenes is 1. The van der Waals surface area contributed by atoms with E-state index in [4.69, 9.17) is 11.2 Å². The lowest BCUT2D eigenvalue weighted by Gasteiger charge is -2.37. The molecule has 0 N–H and O–H groups in total. The quantitative estimate of drug-likeness (QED) is 0.717. The second-order valence-corrected chi connectivity index (χ2v) is 8.05. The number of likely N-dealkylation sites (tertiary alicyclic amines) is 1. The number of thioether (sulfide) groups is 1. The molecular formula is C18H28N2O2S. The van der Waals surface area contributed by atoms with Gasteiger partial charge in [0.2, 0.25) is 5.91 Å². The van der Waals surface area contributed by atoms with E-state index >= 15 is 0 Å². The third kappa shape index (κ3) is 4.43. The van der Waals surface area contributed by atoms with Crippen LogP contribution in [0.1, 0.15) is 32.1 Å². The predicted octanol–water partition coefficient (Wildman–Crippen LogP) is 1.84. The Morgan fingerprint density at radius 2 is 2.13 bits per heavy atom. The summed E-state index contributed by atoms with van der Waals surface area (Å²) in [6.07, 6.45) is 10.9. The Bertz CT molecular complexity index is 431. The molecule has 0 aromatic heterocycles. The van der Waals surface area contributed by atoms with Gasteiger partial charge in [-0.25, -0.2) is 0 Å². The van der Waals surface area contributed by atoms with Crippen molar-refractivity contribution in [3.63, 3.8) is 0 Å². The van der Waals surface area contributed by atoms with Crippen molar-refractivity contribution in [2.24, 2.45) is 5.92 Å². The number of rotatable bonds is 5. The van der Waals surface area contributed by atoms with Gasteiger partial charge in [-0.3, -0.25) is 9.69 Å². The van der Waals surface area contributed by atoms with Crippen molar-refractivity contribution in [3.8, 4) is 12.3 Å². The van der Waals surface area contributed by atoms with E-state index < -0.39 is 0 Å². The van der Waals surface area contributed by atoms with Crippen molar-refractivity contribution in [3.05, 3.63) is 0 Å². The molecule has 0 aliphatic carbocycles. The number of amides is 1. The largest absolute Gasteiger partial charge is 0.376 e. The van der Waals surface area contributed by atoms with E-state index in [1.807, 2.05) is 11.8 Å². The van der Waals surface area contributed by atoms with Crippen molar-refractivity contribution in [2.45, 2.75) is 44.2 Å². The van der Waals surface area contributed by atoms with E-state index in [0.29, 0.717) is 18.5 Å². The van der Waals surface area contributed by atoms with Crippen LogP contribution >= 0.6 is 11.8 Å². The number of hydrogen-bond donors (Lipinski definition) is 0. The molecule has 2 atom stereocenters. The van der Waals surface area contributed by atoms with Gasteiger partial charge in [0.05, 0.1) is 12.6 Å². The van der Waals surface area contributed by atoms with Crippen molar-refractivity contribution < 1.29 is 9.53 Å². The van der Waals surface area contributed by atoms with Crippen LogP contribution < -0.4 is 0 Å². The molecule has 0 radical (unpaired) electrons. The normalized spacial score (nSPS) is 29.5. The summed E-state index contributed by atoms with van der Waals surface area (Å²) >= 11 is 1.97. The number of hydrogen-bond acceptors (Lipinski definition) is 4. The van der Waals surface area contributed by atoms with Crippen molar-refractivity contribution in [2.75, 3.05) is 44.3 Å². The van der Waals surface area contributed by atoms with Gasteiger partial charge in [-0.1, -0.05) is 5.92 Å². The fraction of sp³-hybridized carbons (Fsp3) is 0.833. The molecule has 0 aromatic rings. The molecule has 3 saturated heterocycles. The van der Waals surface area contributed by atoms with Crippen molar-refractivity contribution in [1.82, 2.24) is 9.80 Å². The predicted molar refractivity (Wildman–Crippen MR) is 94.4 cm³/mol. The van der Waals surface area contributed by atoms with Crippen LogP contribution in [0.5, 0.6) is 0 Å². The summed E-state index contributed by atoms with van der Waals surface area (Å²) in [6.45, 7) is 4.27. The van der Waals surface area contributed by atoms with Gasteiger partial charge < -0.3 is 9.64 Å². The second kappa shape index (κ2) is 8.41. The molecule has 23 heavy (non-hydrogen) atoms. The average Bonchev–Trinajstić information content (AvgIpc) is 3.26. The molecule has 0 spiro atoms. The Kier molecular flexibility index (Phi) is 6.27. The molecular weight excluding hydrogens is 308 g/mol. The summed E-state index contributed by atoms with van der Waals surface area (Å²) in [7, 11) is 0. The topological polar surface area (TPSA) is 32.8 Å². The summed E-state index contributed by atoms with van der Waals surface area (Å²) in [4.78, 5) is 17.6. The highest BCUT2D eigenvalue weighted by atomic mass is 32.2. The zero-order valence-corrected chi connectivity index (χ0v) is 14.7. The lowest BCUT2D eigenvalue weighted by Crippen LogP contribution is -2.49. The van der Waals surface area contributed by atoms with E-state index in [-0.39, 0.29) is 12.0 Å². The standard InChI is InChI=1S/C18H28N2O2S/c1-2-8-19-9-5-15(6-10-19)18(21)20(16-7-12-23-14-16)13-17-4-3-11-22-17/h1,15-17H,3-14H2/t16-,17-/m0/s1. The molecule has 3 rings (SSSR count). The number of carbonyl (C=O) groups is 1. The van der Waals surface area contributed by atoms with Gasteiger partial charge in [-0.2, -0.15) is 11.8 Å². The highest BCUT2D eigenvalue weighted by Gasteiger charge is 2.35. The molecule has 0 aromatic carbocycles. The molecule has 0 saturated carbocycles. The summed E-state index contributed by atoms with van der Waals surface area (Å²) in [5, 5.41) is 0. The van der Waals surface area contributed by atoms with Crippen LogP contribution in [0.4, 0.5) is 0 Å². The SMILES string of the molecule is C#CCN1CCC(C(=O)N(C[C@@H]2CCCO2)[C@H]2CCSC2)CC1. The summed E-state index contributed by atoms with van der Waals surface area (Å²) in [5.74, 6) is 5.53. The molecule has 5 heteroatoms. The maximum absolute atomic E-state index is 13.1. The number of carbonyl (C=O) groups excluding carboxylic acids is 1. The maximum atomic E-state index is 13.1.